The molecule has 1 aliphatic rings. The Balaban J connectivity index is 0.000000257. The molecule has 2 aromatic heterocycles. The topological polar surface area (TPSA) is 75.9 Å². The summed E-state index contributed by atoms with van der Waals surface area (Å²) in [7, 11) is 1.36. The summed E-state index contributed by atoms with van der Waals surface area (Å²) in [6.07, 6.45) is 2.45. The zero-order valence-electron chi connectivity index (χ0n) is 19.2. The highest BCUT2D eigenvalue weighted by Crippen LogP contribution is 2.28. The molecule has 0 radical (unpaired) electrons. The number of amides is 2. The smallest absolute Gasteiger partial charge is 0.254 e. The standard InChI is InChI=1S/C17H15F2N3O.C7H13NO2/c1-9-4-5-22-10(2)16(21-15(22)6-9)11-7-14(19)12(8-13(11)18)17(23)20-3;1-2-7(9)8-3-5-10-6-4-8/h4-8H,1-3H3,(H,20,23);2-6H2,1H3. The lowest BCUT2D eigenvalue weighted by Gasteiger charge is -2.26. The molecule has 0 bridgehead atoms. The predicted molar refractivity (Wildman–Crippen MR) is 121 cm³/mol. The Bertz CT molecular complexity index is 1170. The highest BCUT2D eigenvalue weighted by molar-refractivity contribution is 5.94. The Morgan fingerprint density at radius 1 is 1.12 bits per heavy atom. The summed E-state index contributed by atoms with van der Waals surface area (Å²) in [5.41, 5.74) is 2.45. The van der Waals surface area contributed by atoms with Gasteiger partial charge in [-0.15, -0.1) is 0 Å². The third-order valence-electron chi connectivity index (χ3n) is 5.47. The normalized spacial score (nSPS) is 13.5. The largest absolute Gasteiger partial charge is 0.378 e. The zero-order chi connectivity index (χ0) is 24.1. The third-order valence-corrected chi connectivity index (χ3v) is 5.47. The van der Waals surface area contributed by atoms with Crippen LogP contribution >= 0.6 is 0 Å². The Labute approximate surface area is 191 Å². The first-order valence-corrected chi connectivity index (χ1v) is 10.8. The number of rotatable bonds is 3. The minimum atomic E-state index is -0.784. The van der Waals surface area contributed by atoms with E-state index in [0.29, 0.717) is 36.7 Å². The maximum Gasteiger partial charge on any atom is 0.254 e. The minimum absolute atomic E-state index is 0.0361. The number of fused-ring (bicyclic) bond motifs is 1. The SMILES string of the molecule is CCC(=O)N1CCOCC1.CNC(=O)c1cc(F)c(-c2nc3cc(C)ccn3c2C)cc1F. The van der Waals surface area contributed by atoms with Gasteiger partial charge in [-0.3, -0.25) is 9.59 Å². The number of pyridine rings is 1. The molecule has 4 rings (SSSR count). The average Bonchev–Trinajstić information content (AvgIpc) is 3.15. The second-order valence-electron chi connectivity index (χ2n) is 7.72. The van der Waals surface area contributed by atoms with Gasteiger partial charge in [-0.2, -0.15) is 0 Å². The molecule has 7 nitrogen and oxygen atoms in total. The fourth-order valence-corrected chi connectivity index (χ4v) is 3.60. The van der Waals surface area contributed by atoms with Gasteiger partial charge < -0.3 is 19.4 Å². The highest BCUT2D eigenvalue weighted by atomic mass is 19.1. The number of halogens is 2. The molecule has 1 aliphatic heterocycles. The molecule has 1 saturated heterocycles. The van der Waals surface area contributed by atoms with Gasteiger partial charge in [-0.05, 0) is 43.7 Å². The quantitative estimate of drug-likeness (QED) is 0.652. The van der Waals surface area contributed by atoms with Crippen LogP contribution in [-0.2, 0) is 9.53 Å². The first-order chi connectivity index (χ1) is 15.8. The molecule has 176 valence electrons. The van der Waals surface area contributed by atoms with Crippen molar-refractivity contribution in [2.24, 2.45) is 0 Å². The predicted octanol–water partition coefficient (Wildman–Crippen LogP) is 3.51. The lowest BCUT2D eigenvalue weighted by molar-refractivity contribution is -0.134. The fraction of sp³-hybridized carbons (Fsp3) is 0.375. The van der Waals surface area contributed by atoms with E-state index in [-0.39, 0.29) is 17.0 Å². The van der Waals surface area contributed by atoms with Gasteiger partial charge >= 0.3 is 0 Å². The molecular weight excluding hydrogens is 430 g/mol. The van der Waals surface area contributed by atoms with Crippen molar-refractivity contribution in [2.45, 2.75) is 27.2 Å². The first kappa shape index (κ1) is 24.3. The third kappa shape index (κ3) is 5.36. The van der Waals surface area contributed by atoms with Crippen LogP contribution in [0.5, 0.6) is 0 Å². The van der Waals surface area contributed by atoms with Crippen molar-refractivity contribution in [2.75, 3.05) is 33.4 Å². The maximum atomic E-state index is 14.4. The summed E-state index contributed by atoms with van der Waals surface area (Å²) in [5, 5.41) is 2.28. The van der Waals surface area contributed by atoms with Gasteiger partial charge in [-0.25, -0.2) is 13.8 Å². The number of nitrogens with one attached hydrogen (secondary N) is 1. The van der Waals surface area contributed by atoms with Crippen LogP contribution in [0.3, 0.4) is 0 Å². The molecule has 0 unspecified atom stereocenters. The van der Waals surface area contributed by atoms with Gasteiger partial charge in [-0.1, -0.05) is 6.92 Å². The number of ether oxygens (including phenoxy) is 1. The molecule has 9 heteroatoms. The number of hydrogen-bond donors (Lipinski definition) is 1. The average molecular weight is 459 g/mol. The van der Waals surface area contributed by atoms with Crippen LogP contribution in [0.2, 0.25) is 0 Å². The summed E-state index contributed by atoms with van der Waals surface area (Å²) in [4.78, 5) is 28.8. The van der Waals surface area contributed by atoms with Crippen molar-refractivity contribution < 1.29 is 23.1 Å². The van der Waals surface area contributed by atoms with Crippen LogP contribution < -0.4 is 5.32 Å². The van der Waals surface area contributed by atoms with Crippen molar-refractivity contribution in [3.05, 3.63) is 58.9 Å². The van der Waals surface area contributed by atoms with Crippen LogP contribution in [0, 0.1) is 25.5 Å². The van der Waals surface area contributed by atoms with Gasteiger partial charge in [0.2, 0.25) is 5.91 Å². The highest BCUT2D eigenvalue weighted by Gasteiger charge is 2.20. The van der Waals surface area contributed by atoms with Crippen molar-refractivity contribution in [1.82, 2.24) is 19.6 Å². The summed E-state index contributed by atoms with van der Waals surface area (Å²) in [6, 6.07) is 5.69. The van der Waals surface area contributed by atoms with Gasteiger partial charge in [0.05, 0.1) is 24.5 Å². The first-order valence-electron chi connectivity index (χ1n) is 10.8. The van der Waals surface area contributed by atoms with Gasteiger partial charge in [0.25, 0.3) is 5.91 Å². The van der Waals surface area contributed by atoms with E-state index < -0.39 is 17.5 Å². The van der Waals surface area contributed by atoms with E-state index in [4.69, 9.17) is 4.74 Å². The van der Waals surface area contributed by atoms with E-state index >= 15 is 0 Å². The van der Waals surface area contributed by atoms with E-state index in [0.717, 1.165) is 30.8 Å². The summed E-state index contributed by atoms with van der Waals surface area (Å²) >= 11 is 0. The molecule has 1 N–H and O–H groups in total. The number of carbonyl (C=O) groups is 2. The molecular formula is C24H28F2N4O3. The molecule has 1 fully saturated rings. The lowest BCUT2D eigenvalue weighted by atomic mass is 10.1. The number of nitrogens with zero attached hydrogens (tertiary/aromatic N) is 3. The second-order valence-corrected chi connectivity index (χ2v) is 7.72. The van der Waals surface area contributed by atoms with Gasteiger partial charge in [0.1, 0.15) is 17.3 Å². The van der Waals surface area contributed by atoms with Crippen molar-refractivity contribution in [1.29, 1.82) is 0 Å². The molecule has 0 saturated carbocycles. The van der Waals surface area contributed by atoms with Crippen LogP contribution in [0.15, 0.2) is 30.5 Å². The van der Waals surface area contributed by atoms with Crippen molar-refractivity contribution in [3.63, 3.8) is 0 Å². The lowest BCUT2D eigenvalue weighted by Crippen LogP contribution is -2.40. The summed E-state index contributed by atoms with van der Waals surface area (Å²) in [6.45, 7) is 8.55. The van der Waals surface area contributed by atoms with E-state index in [1.165, 1.54) is 7.05 Å². The molecule has 0 aliphatic carbocycles. The Hall–Kier alpha value is -3.33. The van der Waals surface area contributed by atoms with Crippen LogP contribution in [0.4, 0.5) is 8.78 Å². The van der Waals surface area contributed by atoms with Crippen LogP contribution in [-0.4, -0.2) is 59.4 Å². The Kier molecular flexibility index (Phi) is 7.75. The number of carbonyl (C=O) groups excluding carboxylic acids is 2. The van der Waals surface area contributed by atoms with E-state index in [1.54, 1.807) is 6.92 Å². The second kappa shape index (κ2) is 10.5. The number of morpholine rings is 1. The summed E-state index contributed by atoms with van der Waals surface area (Å²) in [5.74, 6) is -1.90. The molecule has 2 amide bonds. The number of benzene rings is 1. The zero-order valence-corrected chi connectivity index (χ0v) is 19.2. The van der Waals surface area contributed by atoms with Crippen LogP contribution in [0.25, 0.3) is 16.9 Å². The number of aromatic nitrogens is 2. The molecule has 33 heavy (non-hydrogen) atoms. The number of hydrogen-bond acceptors (Lipinski definition) is 4. The molecule has 3 aromatic rings. The van der Waals surface area contributed by atoms with Gasteiger partial charge in [0, 0.05) is 44.0 Å². The maximum absolute atomic E-state index is 14.4. The number of imidazole rings is 1. The van der Waals surface area contributed by atoms with Gasteiger partial charge in [0.15, 0.2) is 0 Å². The van der Waals surface area contributed by atoms with Crippen molar-refractivity contribution in [3.8, 4) is 11.3 Å². The Morgan fingerprint density at radius 2 is 1.82 bits per heavy atom. The molecule has 0 spiro atoms. The fourth-order valence-electron chi connectivity index (χ4n) is 3.60. The molecule has 1 aromatic carbocycles. The monoisotopic (exact) mass is 458 g/mol. The molecule has 0 atom stereocenters. The molecule has 3 heterocycles. The Morgan fingerprint density at radius 3 is 2.45 bits per heavy atom. The van der Waals surface area contributed by atoms with E-state index in [2.05, 4.69) is 10.3 Å². The number of aryl methyl sites for hydroxylation is 2. The minimum Gasteiger partial charge on any atom is -0.378 e. The van der Waals surface area contributed by atoms with E-state index in [9.17, 15) is 18.4 Å². The van der Waals surface area contributed by atoms with Crippen LogP contribution in [0.1, 0.15) is 35.0 Å². The van der Waals surface area contributed by atoms with E-state index in [1.807, 2.05) is 41.5 Å². The summed E-state index contributed by atoms with van der Waals surface area (Å²) < 4.78 is 35.5. The van der Waals surface area contributed by atoms with Crippen molar-refractivity contribution >= 4 is 17.5 Å².